The molecular formula is C17H22N3O7P. The van der Waals surface area contributed by atoms with Gasteiger partial charge in [-0.3, -0.25) is 24.8 Å². The molecule has 0 amide bonds. The number of fused-ring (bicyclic) bond motifs is 1. The van der Waals surface area contributed by atoms with Gasteiger partial charge in [-0.1, -0.05) is 32.0 Å². The lowest BCUT2D eigenvalue weighted by atomic mass is 10.0. The topological polar surface area (TPSA) is 145 Å². The van der Waals surface area contributed by atoms with Crippen LogP contribution in [0.4, 0.5) is 17.1 Å². The van der Waals surface area contributed by atoms with E-state index in [4.69, 9.17) is 4.52 Å². The van der Waals surface area contributed by atoms with Gasteiger partial charge in [0.1, 0.15) is 11.5 Å². The molecule has 28 heavy (non-hydrogen) atoms. The number of nitro groups is 2. The molecule has 10 nitrogen and oxygen atoms in total. The maximum absolute atomic E-state index is 12.7. The molecular weight excluding hydrogens is 389 g/mol. The number of hydrogen-bond donors (Lipinski definition) is 2. The van der Waals surface area contributed by atoms with Crippen LogP contribution in [-0.2, 0) is 9.09 Å². The van der Waals surface area contributed by atoms with E-state index in [-0.39, 0.29) is 22.9 Å². The van der Waals surface area contributed by atoms with Crippen molar-refractivity contribution in [2.75, 3.05) is 5.32 Å². The van der Waals surface area contributed by atoms with E-state index in [0.717, 1.165) is 6.07 Å². The van der Waals surface area contributed by atoms with Crippen LogP contribution in [0.2, 0.25) is 0 Å². The Hall–Kier alpha value is -2.55. The van der Waals surface area contributed by atoms with Crippen LogP contribution < -0.4 is 5.32 Å². The molecule has 0 aliphatic rings. The molecule has 0 aliphatic carbocycles. The van der Waals surface area contributed by atoms with Crippen molar-refractivity contribution in [3.63, 3.8) is 0 Å². The lowest BCUT2D eigenvalue weighted by molar-refractivity contribution is -0.392. The predicted molar refractivity (Wildman–Crippen MR) is 106 cm³/mol. The van der Waals surface area contributed by atoms with Gasteiger partial charge in [0.05, 0.1) is 27.4 Å². The van der Waals surface area contributed by atoms with E-state index in [0.29, 0.717) is 6.42 Å². The van der Waals surface area contributed by atoms with Crippen molar-refractivity contribution in [3.8, 4) is 0 Å². The van der Waals surface area contributed by atoms with Gasteiger partial charge in [-0.25, -0.2) is 0 Å². The van der Waals surface area contributed by atoms with E-state index in [1.54, 1.807) is 32.9 Å². The summed E-state index contributed by atoms with van der Waals surface area (Å²) in [5, 5.41) is 26.1. The zero-order chi connectivity index (χ0) is 21.1. The molecule has 0 heterocycles. The first-order valence-corrected chi connectivity index (χ1v) is 10.4. The Morgan fingerprint density at radius 3 is 2.18 bits per heavy atom. The van der Waals surface area contributed by atoms with Gasteiger partial charge in [0, 0.05) is 5.39 Å². The molecule has 152 valence electrons. The highest BCUT2D eigenvalue weighted by molar-refractivity contribution is 7.53. The molecule has 0 radical (unpaired) electrons. The zero-order valence-corrected chi connectivity index (χ0v) is 16.6. The lowest BCUT2D eigenvalue weighted by Crippen LogP contribution is -2.23. The second-order valence-electron chi connectivity index (χ2n) is 6.31. The molecule has 2 rings (SSSR count). The second kappa shape index (κ2) is 8.64. The summed E-state index contributed by atoms with van der Waals surface area (Å²) >= 11 is 0. The van der Waals surface area contributed by atoms with Crippen LogP contribution in [-0.4, -0.2) is 26.6 Å². The maximum Gasteiger partial charge on any atom is 0.350 e. The summed E-state index contributed by atoms with van der Waals surface area (Å²) in [7, 11) is -4.17. The first-order chi connectivity index (χ1) is 13.1. The maximum atomic E-state index is 12.7. The van der Waals surface area contributed by atoms with Crippen molar-refractivity contribution in [1.82, 2.24) is 0 Å². The summed E-state index contributed by atoms with van der Waals surface area (Å²) in [6, 6.07) is 6.97. The van der Waals surface area contributed by atoms with Crippen LogP contribution in [0.3, 0.4) is 0 Å². The average molecular weight is 411 g/mol. The number of benzene rings is 2. The fourth-order valence-corrected chi connectivity index (χ4v) is 4.34. The number of hydrogen-bond acceptors (Lipinski definition) is 7. The van der Waals surface area contributed by atoms with Crippen molar-refractivity contribution in [1.29, 1.82) is 0 Å². The van der Waals surface area contributed by atoms with Crippen LogP contribution in [0, 0.1) is 20.2 Å². The van der Waals surface area contributed by atoms with Crippen molar-refractivity contribution < 1.29 is 23.8 Å². The molecule has 0 saturated heterocycles. The van der Waals surface area contributed by atoms with E-state index in [2.05, 4.69) is 5.32 Å². The fourth-order valence-electron chi connectivity index (χ4n) is 2.78. The van der Waals surface area contributed by atoms with E-state index >= 15 is 0 Å². The van der Waals surface area contributed by atoms with Crippen LogP contribution >= 0.6 is 7.60 Å². The number of non-ortho nitro benzene ring substituents is 1. The Balaban J connectivity index is 2.64. The molecule has 0 aromatic heterocycles. The van der Waals surface area contributed by atoms with Crippen molar-refractivity contribution >= 4 is 35.4 Å². The smallest absolute Gasteiger partial charge is 0.350 e. The van der Waals surface area contributed by atoms with Crippen LogP contribution in [0.25, 0.3) is 10.8 Å². The molecule has 0 saturated carbocycles. The molecule has 2 N–H and O–H groups in total. The molecule has 2 aromatic rings. The normalized spacial score (nSPS) is 15.6. The fraction of sp³-hybridized carbons (Fsp3) is 0.412. The van der Waals surface area contributed by atoms with Crippen LogP contribution in [0.5, 0.6) is 0 Å². The summed E-state index contributed by atoms with van der Waals surface area (Å²) in [6.07, 6.45) is 0.184. The molecule has 0 fully saturated rings. The standard InChI is InChI=1S/C17H22N3O7P/c1-4-11(3)27-28(25,26)16(5-2)18-17-13-9-7-6-8-12(13)14(19(21)22)10-15(17)20(23)24/h6-11,16,18H,4-5H2,1-3H3,(H,25,26). The third-order valence-corrected chi connectivity index (χ3v) is 6.34. The Labute approximate surface area is 161 Å². The molecule has 3 unspecified atom stereocenters. The van der Waals surface area contributed by atoms with Crippen LogP contribution in [0.15, 0.2) is 30.3 Å². The minimum absolute atomic E-state index is 0.0555. The first-order valence-electron chi connectivity index (χ1n) is 8.74. The Morgan fingerprint density at radius 2 is 1.68 bits per heavy atom. The SMILES string of the molecule is CCC(C)OP(=O)(O)C(CC)Nc1c([N+](=O)[O-])cc([N+](=O)[O-])c2ccccc12. The molecule has 0 bridgehead atoms. The summed E-state index contributed by atoms with van der Waals surface area (Å²) in [5.41, 5.74) is -1.02. The third kappa shape index (κ3) is 4.46. The summed E-state index contributed by atoms with van der Waals surface area (Å²) in [6.45, 7) is 5.09. The number of anilines is 1. The quantitative estimate of drug-likeness (QED) is 0.340. The molecule has 0 spiro atoms. The minimum Gasteiger partial charge on any atom is -0.365 e. The third-order valence-electron chi connectivity index (χ3n) is 4.39. The number of rotatable bonds is 9. The van der Waals surface area contributed by atoms with Crippen molar-refractivity contribution in [3.05, 3.63) is 50.6 Å². The monoisotopic (exact) mass is 411 g/mol. The van der Waals surface area contributed by atoms with Gasteiger partial charge in [-0.15, -0.1) is 0 Å². The highest BCUT2D eigenvalue weighted by Crippen LogP contribution is 2.52. The second-order valence-corrected chi connectivity index (χ2v) is 8.27. The Kier molecular flexibility index (Phi) is 6.71. The number of nitrogens with zero attached hydrogens (tertiary/aromatic N) is 2. The van der Waals surface area contributed by atoms with Crippen LogP contribution in [0.1, 0.15) is 33.6 Å². The van der Waals surface area contributed by atoms with Gasteiger partial charge < -0.3 is 14.7 Å². The van der Waals surface area contributed by atoms with Crippen molar-refractivity contribution in [2.24, 2.45) is 0 Å². The average Bonchev–Trinajstić information content (AvgIpc) is 2.64. The largest absolute Gasteiger partial charge is 0.365 e. The van der Waals surface area contributed by atoms with Gasteiger partial charge in [0.25, 0.3) is 11.4 Å². The first kappa shape index (κ1) is 21.7. The van der Waals surface area contributed by atoms with Gasteiger partial charge in [0.2, 0.25) is 0 Å². The predicted octanol–water partition coefficient (Wildman–Crippen LogP) is 4.80. The molecule has 3 atom stereocenters. The zero-order valence-electron chi connectivity index (χ0n) is 15.7. The number of nitro benzene ring substituents is 2. The summed E-state index contributed by atoms with van der Waals surface area (Å²) in [5.74, 6) is -1.12. The lowest BCUT2D eigenvalue weighted by Gasteiger charge is -2.26. The van der Waals surface area contributed by atoms with E-state index < -0.39 is 40.7 Å². The van der Waals surface area contributed by atoms with Crippen molar-refractivity contribution in [2.45, 2.75) is 45.5 Å². The molecule has 0 aliphatic heterocycles. The van der Waals surface area contributed by atoms with Gasteiger partial charge in [-0.05, 0) is 25.8 Å². The molecule has 11 heteroatoms. The Bertz CT molecular complexity index is 950. The van der Waals surface area contributed by atoms with E-state index in [1.807, 2.05) is 0 Å². The van der Waals surface area contributed by atoms with E-state index in [9.17, 15) is 29.7 Å². The highest BCUT2D eigenvalue weighted by Gasteiger charge is 2.35. The number of nitrogens with one attached hydrogen (secondary N) is 1. The van der Waals surface area contributed by atoms with Gasteiger partial charge in [0.15, 0.2) is 0 Å². The highest BCUT2D eigenvalue weighted by atomic mass is 31.2. The van der Waals surface area contributed by atoms with E-state index in [1.165, 1.54) is 12.1 Å². The minimum atomic E-state index is -4.17. The Morgan fingerprint density at radius 1 is 1.11 bits per heavy atom. The van der Waals surface area contributed by atoms with Gasteiger partial charge in [-0.2, -0.15) is 0 Å². The summed E-state index contributed by atoms with van der Waals surface area (Å²) in [4.78, 5) is 31.8. The summed E-state index contributed by atoms with van der Waals surface area (Å²) < 4.78 is 18.0. The van der Waals surface area contributed by atoms with Gasteiger partial charge >= 0.3 is 7.60 Å². The molecule has 2 aromatic carbocycles.